The molecule has 0 fully saturated rings. The van der Waals surface area contributed by atoms with Crippen LogP contribution in [0.1, 0.15) is 26.3 Å². The maximum absolute atomic E-state index is 6.39. The van der Waals surface area contributed by atoms with Gasteiger partial charge >= 0.3 is 0 Å². The van der Waals surface area contributed by atoms with Crippen molar-refractivity contribution >= 4 is 60.6 Å². The van der Waals surface area contributed by atoms with Crippen molar-refractivity contribution in [2.45, 2.75) is 26.8 Å². The van der Waals surface area contributed by atoms with Crippen LogP contribution in [-0.2, 0) is 0 Å². The van der Waals surface area contributed by atoms with E-state index >= 15 is 0 Å². The topological polar surface area (TPSA) is 37.5 Å². The zero-order valence-corrected chi connectivity index (χ0v) is 23.4. The summed E-state index contributed by atoms with van der Waals surface area (Å²) in [7, 11) is 0. The van der Waals surface area contributed by atoms with Crippen LogP contribution in [0.2, 0.25) is 0 Å². The van der Waals surface area contributed by atoms with Crippen LogP contribution in [0, 0.1) is 5.41 Å². The SMILES string of the molecule is CC(C)(C)C1Nc2c(c3ccccc3c3ccccc23)N=C1c1cccc(-c2cccc3c2oc2ccccc23)c1. The van der Waals surface area contributed by atoms with E-state index in [1.165, 1.54) is 21.5 Å². The molecule has 41 heavy (non-hydrogen) atoms. The number of fused-ring (bicyclic) bond motifs is 9. The third-order valence-electron chi connectivity index (χ3n) is 8.44. The molecule has 1 atom stereocenters. The van der Waals surface area contributed by atoms with Crippen molar-refractivity contribution in [1.82, 2.24) is 0 Å². The molecule has 8 rings (SSSR count). The molecular weight excluding hydrogens is 500 g/mol. The maximum atomic E-state index is 6.39. The number of nitrogens with one attached hydrogen (secondary N) is 1. The summed E-state index contributed by atoms with van der Waals surface area (Å²) in [6, 6.07) is 40.8. The molecule has 1 aliphatic rings. The Kier molecular flexibility index (Phi) is 5.14. The summed E-state index contributed by atoms with van der Waals surface area (Å²) in [6.07, 6.45) is 0. The Morgan fingerprint density at radius 2 is 1.22 bits per heavy atom. The Morgan fingerprint density at radius 3 is 2.00 bits per heavy atom. The minimum Gasteiger partial charge on any atom is -0.455 e. The van der Waals surface area contributed by atoms with Gasteiger partial charge in [0.2, 0.25) is 0 Å². The lowest BCUT2D eigenvalue weighted by molar-refractivity contribution is 0.399. The molecule has 0 aliphatic carbocycles. The Balaban J connectivity index is 1.36. The summed E-state index contributed by atoms with van der Waals surface area (Å²) >= 11 is 0. The van der Waals surface area contributed by atoms with Gasteiger partial charge in [-0.1, -0.05) is 124 Å². The monoisotopic (exact) mass is 530 g/mol. The molecule has 1 aromatic heterocycles. The summed E-state index contributed by atoms with van der Waals surface area (Å²) in [5.41, 5.74) is 8.28. The average molecular weight is 531 g/mol. The first-order chi connectivity index (χ1) is 20.0. The van der Waals surface area contributed by atoms with Gasteiger partial charge in [-0.15, -0.1) is 0 Å². The van der Waals surface area contributed by atoms with E-state index < -0.39 is 0 Å². The summed E-state index contributed by atoms with van der Waals surface area (Å²) in [5.74, 6) is 0. The Hall–Kier alpha value is -4.89. The highest BCUT2D eigenvalue weighted by Gasteiger charge is 2.35. The number of furan rings is 1. The number of hydrogen-bond acceptors (Lipinski definition) is 3. The summed E-state index contributed by atoms with van der Waals surface area (Å²) in [4.78, 5) is 5.50. The van der Waals surface area contributed by atoms with Crippen LogP contribution in [0.3, 0.4) is 0 Å². The van der Waals surface area contributed by atoms with Crippen LogP contribution >= 0.6 is 0 Å². The molecule has 1 unspecified atom stereocenters. The van der Waals surface area contributed by atoms with Gasteiger partial charge in [-0.3, -0.25) is 0 Å². The standard InChI is InChI=1S/C38H30N2O/c1-38(2,3)37-33(39-34-29-17-6-4-14-26(29)27-15-5-7-18-30(27)35(34)40-37)24-13-10-12-23(22-24)25-19-11-20-31-28-16-8-9-21-32(28)41-36(25)31/h4-22,37,40H,1-3H3. The molecule has 0 saturated carbocycles. The zero-order chi connectivity index (χ0) is 27.7. The molecule has 7 aromatic rings. The van der Waals surface area contributed by atoms with Crippen molar-refractivity contribution in [3.63, 3.8) is 0 Å². The lowest BCUT2D eigenvalue weighted by Gasteiger charge is -2.37. The Bertz CT molecular complexity index is 2180. The predicted molar refractivity (Wildman–Crippen MR) is 174 cm³/mol. The van der Waals surface area contributed by atoms with Crippen molar-refractivity contribution in [2.75, 3.05) is 5.32 Å². The third-order valence-corrected chi connectivity index (χ3v) is 8.44. The quantitative estimate of drug-likeness (QED) is 0.226. The molecule has 0 bridgehead atoms. The number of nitrogens with zero attached hydrogens (tertiary/aromatic N) is 1. The highest BCUT2D eigenvalue weighted by Crippen LogP contribution is 2.47. The van der Waals surface area contributed by atoms with Crippen LogP contribution in [0.15, 0.2) is 125 Å². The second-order valence-electron chi connectivity index (χ2n) is 12.1. The van der Waals surface area contributed by atoms with Gasteiger partial charge in [-0.2, -0.15) is 0 Å². The molecule has 0 radical (unpaired) electrons. The van der Waals surface area contributed by atoms with E-state index in [9.17, 15) is 0 Å². The van der Waals surface area contributed by atoms with Crippen molar-refractivity contribution in [1.29, 1.82) is 0 Å². The maximum Gasteiger partial charge on any atom is 0.143 e. The first kappa shape index (κ1) is 24.0. The first-order valence-corrected chi connectivity index (χ1v) is 14.3. The minimum atomic E-state index is -0.0714. The van der Waals surface area contributed by atoms with Crippen LogP contribution in [0.4, 0.5) is 11.4 Å². The smallest absolute Gasteiger partial charge is 0.143 e. The molecule has 1 N–H and O–H groups in total. The lowest BCUT2D eigenvalue weighted by atomic mass is 9.79. The highest BCUT2D eigenvalue weighted by molar-refractivity contribution is 6.23. The zero-order valence-electron chi connectivity index (χ0n) is 23.4. The van der Waals surface area contributed by atoms with E-state index in [0.29, 0.717) is 0 Å². The molecule has 2 heterocycles. The fourth-order valence-corrected chi connectivity index (χ4v) is 6.46. The molecule has 198 valence electrons. The Morgan fingerprint density at radius 1 is 0.610 bits per heavy atom. The van der Waals surface area contributed by atoms with Crippen molar-refractivity contribution in [3.8, 4) is 11.1 Å². The lowest BCUT2D eigenvalue weighted by Crippen LogP contribution is -2.43. The molecule has 3 heteroatoms. The fraction of sp³-hybridized carbons (Fsp3) is 0.132. The Labute approximate surface area is 239 Å². The van der Waals surface area contributed by atoms with E-state index in [1.807, 2.05) is 12.1 Å². The van der Waals surface area contributed by atoms with E-state index in [0.717, 1.165) is 55.7 Å². The van der Waals surface area contributed by atoms with E-state index in [1.54, 1.807) is 0 Å². The van der Waals surface area contributed by atoms with Crippen LogP contribution in [-0.4, -0.2) is 11.8 Å². The summed E-state index contributed by atoms with van der Waals surface area (Å²) in [5, 5.41) is 11.1. The van der Waals surface area contributed by atoms with Crippen molar-refractivity contribution < 1.29 is 4.42 Å². The second-order valence-corrected chi connectivity index (χ2v) is 12.1. The van der Waals surface area contributed by atoms with E-state index in [4.69, 9.17) is 9.41 Å². The number of benzene rings is 6. The number of aliphatic imine (C=N–C) groups is 1. The molecular formula is C38H30N2O. The molecule has 0 amide bonds. The molecule has 3 nitrogen and oxygen atoms in total. The van der Waals surface area contributed by atoms with Gasteiger partial charge in [-0.05, 0) is 39.4 Å². The van der Waals surface area contributed by atoms with E-state index in [-0.39, 0.29) is 11.5 Å². The van der Waals surface area contributed by atoms with Gasteiger partial charge in [0.15, 0.2) is 0 Å². The first-order valence-electron chi connectivity index (χ1n) is 14.3. The van der Waals surface area contributed by atoms with Crippen LogP contribution in [0.25, 0.3) is 54.6 Å². The molecule has 1 aliphatic heterocycles. The second kappa shape index (κ2) is 8.81. The third kappa shape index (κ3) is 3.69. The van der Waals surface area contributed by atoms with Gasteiger partial charge in [0.05, 0.1) is 23.1 Å². The number of rotatable bonds is 2. The van der Waals surface area contributed by atoms with Crippen molar-refractivity contribution in [2.24, 2.45) is 10.4 Å². The van der Waals surface area contributed by atoms with Crippen molar-refractivity contribution in [3.05, 3.63) is 121 Å². The molecule has 0 spiro atoms. The highest BCUT2D eigenvalue weighted by atomic mass is 16.3. The van der Waals surface area contributed by atoms with Gasteiger partial charge in [0, 0.05) is 27.1 Å². The van der Waals surface area contributed by atoms with E-state index in [2.05, 4.69) is 129 Å². The fourth-order valence-electron chi connectivity index (χ4n) is 6.46. The largest absolute Gasteiger partial charge is 0.455 e. The number of anilines is 1. The predicted octanol–water partition coefficient (Wildman–Crippen LogP) is 10.5. The van der Waals surface area contributed by atoms with Gasteiger partial charge in [-0.25, -0.2) is 4.99 Å². The molecule has 0 saturated heterocycles. The average Bonchev–Trinajstić information content (AvgIpc) is 3.39. The number of para-hydroxylation sites is 2. The van der Waals surface area contributed by atoms with Gasteiger partial charge in [0.25, 0.3) is 0 Å². The van der Waals surface area contributed by atoms with Crippen LogP contribution in [0.5, 0.6) is 0 Å². The minimum absolute atomic E-state index is 0.0248. The summed E-state index contributed by atoms with van der Waals surface area (Å²) in [6.45, 7) is 6.86. The molecule has 6 aromatic carbocycles. The normalized spacial score (nSPS) is 15.3. The van der Waals surface area contributed by atoms with Crippen LogP contribution < -0.4 is 5.32 Å². The number of hydrogen-bond donors (Lipinski definition) is 1. The van der Waals surface area contributed by atoms with Gasteiger partial charge < -0.3 is 9.73 Å². The van der Waals surface area contributed by atoms with Gasteiger partial charge in [0.1, 0.15) is 11.2 Å². The summed E-state index contributed by atoms with van der Waals surface area (Å²) < 4.78 is 6.39.